The number of nitrogens with zero attached hydrogens (tertiary/aromatic N) is 1. The second-order valence-corrected chi connectivity index (χ2v) is 2.12. The van der Waals surface area contributed by atoms with Gasteiger partial charge in [-0.1, -0.05) is 0 Å². The van der Waals surface area contributed by atoms with Crippen molar-refractivity contribution in [2.24, 2.45) is 0 Å². The highest BCUT2D eigenvalue weighted by Crippen LogP contribution is 1.47. The molecule has 0 fully saturated rings. The van der Waals surface area contributed by atoms with E-state index in [1.165, 1.54) is 0 Å². The van der Waals surface area contributed by atoms with Crippen LogP contribution in [0.2, 0.25) is 0 Å². The molecule has 0 bridgehead atoms. The van der Waals surface area contributed by atoms with Gasteiger partial charge in [0.15, 0.2) is 0 Å². The quantitative estimate of drug-likeness (QED) is 0.448. The summed E-state index contributed by atoms with van der Waals surface area (Å²) >= 11 is 0. The summed E-state index contributed by atoms with van der Waals surface area (Å²) in [4.78, 5) is 22.8. The molecule has 0 aliphatic heterocycles. The molecule has 0 aliphatic carbocycles. The van der Waals surface area contributed by atoms with Crippen molar-refractivity contribution >= 4 is 0 Å². The first-order chi connectivity index (χ1) is 4.04. The maximum atomic E-state index is 9.43. The number of aromatic amines is 1. The Balaban J connectivity index is 0.000000148. The highest BCUT2D eigenvalue weighted by Gasteiger charge is 1.96. The molecule has 4 nitrogen and oxygen atoms in total. The molecule has 0 amide bonds. The molecule has 0 atom stereocenters. The van der Waals surface area contributed by atoms with Crippen LogP contribution < -0.4 is 11.1 Å². The zero-order valence-corrected chi connectivity index (χ0v) is 5.76. The van der Waals surface area contributed by atoms with Crippen LogP contribution >= 0.6 is 0 Å². The Hall–Kier alpha value is -0.900. The summed E-state index contributed by atoms with van der Waals surface area (Å²) in [5.41, 5.74) is -0.935. The van der Waals surface area contributed by atoms with Crippen molar-refractivity contribution in [3.05, 3.63) is 20.7 Å². The van der Waals surface area contributed by atoms with Crippen molar-refractivity contribution in [1.82, 2.24) is 9.88 Å². The molecular formula is C5H10N2O2. The normalized spacial score (nSPS) is 9.33. The smallest absolute Gasteiger partial charge is 0.312 e. The van der Waals surface area contributed by atoms with Crippen LogP contribution in [0.15, 0.2) is 9.59 Å². The fraction of sp³-hybridized carbons (Fsp3) is 0.600. The van der Waals surface area contributed by atoms with Crippen molar-refractivity contribution in [2.45, 2.75) is 0 Å². The maximum Gasteiger partial charge on any atom is 0.316 e. The Kier molecular flexibility index (Phi) is 2.87. The number of nitrogens with one attached hydrogen (secondary N) is 1. The van der Waals surface area contributed by atoms with Gasteiger partial charge in [-0.25, -0.2) is 0 Å². The van der Waals surface area contributed by atoms with E-state index in [9.17, 15) is 9.59 Å². The van der Waals surface area contributed by atoms with Crippen molar-refractivity contribution in [3.63, 3.8) is 0 Å². The minimum Gasteiger partial charge on any atom is -0.312 e. The first kappa shape index (κ1) is 8.10. The van der Waals surface area contributed by atoms with Gasteiger partial charge in [0.25, 0.3) is 0 Å². The summed E-state index contributed by atoms with van der Waals surface area (Å²) in [7, 11) is 6.00. The van der Waals surface area contributed by atoms with Crippen LogP contribution in [0.5, 0.6) is 0 Å². The first-order valence-electron chi connectivity index (χ1n) is 2.50. The molecular weight excluding hydrogens is 120 g/mol. The summed E-state index contributed by atoms with van der Waals surface area (Å²) in [6, 6.07) is 0. The second-order valence-electron chi connectivity index (χ2n) is 2.12. The number of aromatic nitrogens is 1. The van der Waals surface area contributed by atoms with Gasteiger partial charge in [0, 0.05) is 0 Å². The minimum atomic E-state index is -0.468. The molecule has 0 spiro atoms. The van der Waals surface area contributed by atoms with Crippen LogP contribution in [0.3, 0.4) is 0 Å². The lowest BCUT2D eigenvalue weighted by Gasteiger charge is -1.90. The van der Waals surface area contributed by atoms with Gasteiger partial charge in [0.05, 0.1) is 0 Å². The monoisotopic (exact) mass is 130 g/mol. The summed E-state index contributed by atoms with van der Waals surface area (Å²) in [6.07, 6.45) is 0. The molecule has 0 saturated carbocycles. The van der Waals surface area contributed by atoms with Gasteiger partial charge >= 0.3 is 11.1 Å². The molecule has 0 saturated heterocycles. The van der Waals surface area contributed by atoms with Crippen molar-refractivity contribution < 1.29 is 0 Å². The van der Waals surface area contributed by atoms with Crippen LogP contribution in [0.25, 0.3) is 0 Å². The van der Waals surface area contributed by atoms with E-state index in [-0.39, 0.29) is 0 Å². The molecule has 0 aromatic carbocycles. The Morgan fingerprint density at radius 3 is 1.22 bits per heavy atom. The minimum absolute atomic E-state index is 0.468. The second kappa shape index (κ2) is 3.19. The van der Waals surface area contributed by atoms with Gasteiger partial charge in [0.1, 0.15) is 0 Å². The van der Waals surface area contributed by atoms with E-state index in [1.807, 2.05) is 31.0 Å². The van der Waals surface area contributed by atoms with E-state index >= 15 is 0 Å². The summed E-state index contributed by atoms with van der Waals surface area (Å²) in [5.74, 6) is 0. The topological polar surface area (TPSA) is 53.2 Å². The molecule has 1 rings (SSSR count). The lowest BCUT2D eigenvalue weighted by Crippen LogP contribution is -1.99. The fourth-order valence-electron chi connectivity index (χ4n) is 0.0719. The maximum absolute atomic E-state index is 9.43. The van der Waals surface area contributed by atoms with Crippen LogP contribution in [0, 0.1) is 0 Å². The lowest BCUT2D eigenvalue weighted by molar-refractivity contribution is 0.505. The van der Waals surface area contributed by atoms with Gasteiger partial charge in [0.2, 0.25) is 0 Å². The van der Waals surface area contributed by atoms with Gasteiger partial charge in [-0.3, -0.25) is 14.6 Å². The highest BCUT2D eigenvalue weighted by molar-refractivity contribution is 4.78. The van der Waals surface area contributed by atoms with Crippen LogP contribution in [-0.2, 0) is 0 Å². The Morgan fingerprint density at radius 2 is 1.22 bits per heavy atom. The molecule has 1 aromatic rings. The molecule has 0 aliphatic rings. The molecule has 0 unspecified atom stereocenters. The van der Waals surface area contributed by atoms with E-state index in [2.05, 4.69) is 0 Å². The lowest BCUT2D eigenvalue weighted by atomic mass is 11.0. The number of hydrogen-bond acceptors (Lipinski definition) is 3. The standard InChI is InChI=1S/C3H9N.C2HNO2/c1-4(2)3;4-1-2(5)3-1/h1-3H3;(H,3,4,5). The average Bonchev–Trinajstić information content (AvgIpc) is 2.16. The molecule has 1 aromatic heterocycles. The highest BCUT2D eigenvalue weighted by atomic mass is 16.2. The third kappa shape index (κ3) is 7.10. The zero-order valence-electron chi connectivity index (χ0n) is 5.76. The van der Waals surface area contributed by atoms with E-state index in [0.717, 1.165) is 0 Å². The average molecular weight is 130 g/mol. The first-order valence-corrected chi connectivity index (χ1v) is 2.50. The molecule has 1 N–H and O–H groups in total. The van der Waals surface area contributed by atoms with E-state index in [0.29, 0.717) is 0 Å². The molecule has 4 heteroatoms. The van der Waals surface area contributed by atoms with Crippen LogP contribution in [0.1, 0.15) is 0 Å². The Bertz CT molecular complexity index is 194. The predicted octanol–water partition coefficient (Wildman–Crippen LogP) is -1.21. The number of H-pyrrole nitrogens is 1. The van der Waals surface area contributed by atoms with E-state index in [1.54, 1.807) is 0 Å². The molecule has 9 heavy (non-hydrogen) atoms. The van der Waals surface area contributed by atoms with Gasteiger partial charge in [-0.15, -0.1) is 0 Å². The summed E-state index contributed by atoms with van der Waals surface area (Å²) < 4.78 is 0. The summed E-state index contributed by atoms with van der Waals surface area (Å²) in [6.45, 7) is 0. The molecule has 1 heterocycles. The number of hydrogen-bond donors (Lipinski definition) is 1. The van der Waals surface area contributed by atoms with Gasteiger partial charge < -0.3 is 4.90 Å². The zero-order chi connectivity index (χ0) is 7.44. The predicted molar refractivity (Wildman–Crippen MR) is 35.3 cm³/mol. The molecule has 0 radical (unpaired) electrons. The van der Waals surface area contributed by atoms with Gasteiger partial charge in [-0.2, -0.15) is 0 Å². The van der Waals surface area contributed by atoms with Crippen molar-refractivity contribution in [2.75, 3.05) is 21.1 Å². The van der Waals surface area contributed by atoms with E-state index in [4.69, 9.17) is 0 Å². The van der Waals surface area contributed by atoms with Crippen LogP contribution in [0.4, 0.5) is 0 Å². The SMILES string of the molecule is CN(C)C.O=c1[nH]c1=O. The van der Waals surface area contributed by atoms with Crippen molar-refractivity contribution in [3.8, 4) is 0 Å². The number of rotatable bonds is 0. The molecule has 52 valence electrons. The summed E-state index contributed by atoms with van der Waals surface area (Å²) in [5, 5.41) is 0. The van der Waals surface area contributed by atoms with Gasteiger partial charge in [-0.05, 0) is 21.1 Å². The largest absolute Gasteiger partial charge is 0.316 e. The van der Waals surface area contributed by atoms with E-state index < -0.39 is 11.1 Å². The fourth-order valence-corrected chi connectivity index (χ4v) is 0.0719. The van der Waals surface area contributed by atoms with Crippen LogP contribution in [-0.4, -0.2) is 31.0 Å². The third-order valence-corrected chi connectivity index (χ3v) is 0.371. The van der Waals surface area contributed by atoms with Crippen molar-refractivity contribution in [1.29, 1.82) is 0 Å². The Labute approximate surface area is 52.8 Å². The third-order valence-electron chi connectivity index (χ3n) is 0.371. The Morgan fingerprint density at radius 1 is 1.11 bits per heavy atom.